The van der Waals surface area contributed by atoms with E-state index in [4.69, 9.17) is 15.2 Å². The van der Waals surface area contributed by atoms with Crippen molar-refractivity contribution in [2.24, 2.45) is 12.8 Å². The first-order valence-corrected chi connectivity index (χ1v) is 13.0. The summed E-state index contributed by atoms with van der Waals surface area (Å²) in [5, 5.41) is 11.9. The summed E-state index contributed by atoms with van der Waals surface area (Å²) >= 11 is 2.13. The predicted molar refractivity (Wildman–Crippen MR) is 139 cm³/mol. The van der Waals surface area contributed by atoms with Gasteiger partial charge in [-0.1, -0.05) is 30.0 Å². The molecule has 1 atom stereocenters. The molecule has 192 valence electrons. The molecule has 0 aliphatic carbocycles. The van der Waals surface area contributed by atoms with Gasteiger partial charge in [-0.25, -0.2) is 4.79 Å². The van der Waals surface area contributed by atoms with Crippen LogP contribution in [0.5, 0.6) is 5.75 Å². The predicted octanol–water partition coefficient (Wildman–Crippen LogP) is 4.03. The average molecular weight is 532 g/mol. The number of benzene rings is 1. The Kier molecular flexibility index (Phi) is 8.75. The smallest absolute Gasteiger partial charge is 0.341 e. The van der Waals surface area contributed by atoms with Gasteiger partial charge in [-0.3, -0.25) is 9.59 Å². The van der Waals surface area contributed by atoms with Crippen molar-refractivity contribution in [3.8, 4) is 5.75 Å². The molecule has 12 heteroatoms. The van der Waals surface area contributed by atoms with Crippen LogP contribution in [0.4, 0.5) is 5.00 Å². The lowest BCUT2D eigenvalue weighted by Crippen LogP contribution is -2.18. The van der Waals surface area contributed by atoms with E-state index in [0.29, 0.717) is 16.5 Å². The maximum Gasteiger partial charge on any atom is 0.341 e. The van der Waals surface area contributed by atoms with Crippen molar-refractivity contribution >= 4 is 45.9 Å². The minimum atomic E-state index is -0.681. The number of carbonyl (C=O) groups excluding carboxylic acids is 3. The monoisotopic (exact) mass is 531 g/mol. The Morgan fingerprint density at radius 1 is 1.17 bits per heavy atom. The Labute approximate surface area is 217 Å². The highest BCUT2D eigenvalue weighted by Crippen LogP contribution is 2.34. The second-order valence-electron chi connectivity index (χ2n) is 8.34. The van der Waals surface area contributed by atoms with E-state index in [1.165, 1.54) is 11.8 Å². The standard InChI is InChI=1S/C24H29N5O5S2/c1-12(2)33-23(32)18-14(4)19(20(25)31)36-22(18)26-17(30)11-35-24-28-27-21(29(24)6)15(5)34-16-10-8-7-9-13(16)3/h7-10,12,15H,11H2,1-6H3,(H2,25,31)(H,26,30). The molecule has 0 saturated heterocycles. The molecule has 0 saturated carbocycles. The van der Waals surface area contributed by atoms with Gasteiger partial charge in [0.2, 0.25) is 5.91 Å². The molecule has 0 aliphatic heterocycles. The van der Waals surface area contributed by atoms with E-state index < -0.39 is 11.9 Å². The number of anilines is 1. The Morgan fingerprint density at radius 3 is 2.50 bits per heavy atom. The van der Waals surface area contributed by atoms with Gasteiger partial charge in [-0.15, -0.1) is 21.5 Å². The third-order valence-corrected chi connectivity index (χ3v) is 7.37. The topological polar surface area (TPSA) is 138 Å². The van der Waals surface area contributed by atoms with Crippen molar-refractivity contribution in [2.75, 3.05) is 11.1 Å². The van der Waals surface area contributed by atoms with Crippen LogP contribution in [0.25, 0.3) is 0 Å². The number of thiophene rings is 1. The second kappa shape index (κ2) is 11.6. The number of nitrogens with two attached hydrogens (primary N) is 1. The van der Waals surface area contributed by atoms with Gasteiger partial charge in [0.1, 0.15) is 10.8 Å². The van der Waals surface area contributed by atoms with Crippen LogP contribution in [0.3, 0.4) is 0 Å². The van der Waals surface area contributed by atoms with Crippen LogP contribution in [0.1, 0.15) is 63.9 Å². The average Bonchev–Trinajstić information content (AvgIpc) is 3.32. The van der Waals surface area contributed by atoms with Crippen LogP contribution in [0.15, 0.2) is 29.4 Å². The highest BCUT2D eigenvalue weighted by Gasteiger charge is 2.27. The summed E-state index contributed by atoms with van der Waals surface area (Å²) < 4.78 is 13.1. The van der Waals surface area contributed by atoms with Crippen LogP contribution < -0.4 is 15.8 Å². The van der Waals surface area contributed by atoms with Crippen LogP contribution in [0.2, 0.25) is 0 Å². The summed E-state index contributed by atoms with van der Waals surface area (Å²) in [7, 11) is 1.80. The zero-order chi connectivity index (χ0) is 26.6. The number of amides is 2. The number of thioether (sulfide) groups is 1. The maximum atomic E-state index is 12.7. The molecule has 0 fully saturated rings. The fourth-order valence-corrected chi connectivity index (χ4v) is 5.17. The molecule has 0 radical (unpaired) electrons. The summed E-state index contributed by atoms with van der Waals surface area (Å²) in [6.07, 6.45) is -0.724. The lowest BCUT2D eigenvalue weighted by atomic mass is 10.1. The van der Waals surface area contributed by atoms with Crippen molar-refractivity contribution in [2.45, 2.75) is 52.0 Å². The van der Waals surface area contributed by atoms with Gasteiger partial charge in [0.05, 0.1) is 22.3 Å². The second-order valence-corrected chi connectivity index (χ2v) is 10.3. The fraction of sp³-hybridized carbons (Fsp3) is 0.375. The summed E-state index contributed by atoms with van der Waals surface area (Å²) in [6.45, 7) is 8.87. The number of ether oxygens (including phenoxy) is 2. The number of aryl methyl sites for hydroxylation is 1. The van der Waals surface area contributed by atoms with Crippen molar-refractivity contribution in [3.63, 3.8) is 0 Å². The molecule has 3 N–H and O–H groups in total. The third kappa shape index (κ3) is 6.24. The maximum absolute atomic E-state index is 12.7. The molecule has 36 heavy (non-hydrogen) atoms. The molecule has 0 spiro atoms. The molecule has 2 amide bonds. The van der Waals surface area contributed by atoms with Crippen LogP contribution in [-0.2, 0) is 16.6 Å². The van der Waals surface area contributed by atoms with E-state index in [9.17, 15) is 14.4 Å². The fourth-order valence-electron chi connectivity index (χ4n) is 3.39. The highest BCUT2D eigenvalue weighted by atomic mass is 32.2. The Bertz CT molecular complexity index is 1280. The van der Waals surface area contributed by atoms with Crippen molar-refractivity contribution < 1.29 is 23.9 Å². The number of esters is 1. The summed E-state index contributed by atoms with van der Waals surface area (Å²) in [6, 6.07) is 7.70. The van der Waals surface area contributed by atoms with Crippen LogP contribution in [0, 0.1) is 13.8 Å². The Hall–Kier alpha value is -3.38. The highest BCUT2D eigenvalue weighted by molar-refractivity contribution is 7.99. The van der Waals surface area contributed by atoms with Gasteiger partial charge in [0.25, 0.3) is 5.91 Å². The minimum absolute atomic E-state index is 0.000521. The number of nitrogens with zero attached hydrogens (tertiary/aromatic N) is 3. The first kappa shape index (κ1) is 27.2. The zero-order valence-electron chi connectivity index (χ0n) is 20.9. The van der Waals surface area contributed by atoms with Crippen molar-refractivity contribution in [1.82, 2.24) is 14.8 Å². The molecule has 3 rings (SSSR count). The normalized spacial score (nSPS) is 11.9. The van der Waals surface area contributed by atoms with Gasteiger partial charge in [-0.05, 0) is 51.8 Å². The molecule has 10 nitrogen and oxygen atoms in total. The molecule has 1 unspecified atom stereocenters. The van der Waals surface area contributed by atoms with Gasteiger partial charge < -0.3 is 25.1 Å². The number of primary amides is 1. The van der Waals surface area contributed by atoms with E-state index in [1.54, 1.807) is 32.4 Å². The van der Waals surface area contributed by atoms with E-state index >= 15 is 0 Å². The van der Waals surface area contributed by atoms with Gasteiger partial charge in [0.15, 0.2) is 17.1 Å². The lowest BCUT2D eigenvalue weighted by molar-refractivity contribution is -0.113. The van der Waals surface area contributed by atoms with Crippen LogP contribution >= 0.6 is 23.1 Å². The van der Waals surface area contributed by atoms with E-state index in [-0.39, 0.29) is 39.3 Å². The minimum Gasteiger partial charge on any atom is -0.482 e. The number of rotatable bonds is 10. The largest absolute Gasteiger partial charge is 0.482 e. The number of nitrogens with one attached hydrogen (secondary N) is 1. The number of para-hydroxylation sites is 1. The molecular weight excluding hydrogens is 502 g/mol. The molecule has 0 bridgehead atoms. The molecule has 0 aliphatic rings. The molecular formula is C24H29N5O5S2. The van der Waals surface area contributed by atoms with Crippen LogP contribution in [-0.4, -0.2) is 44.4 Å². The molecule has 1 aromatic carbocycles. The van der Waals surface area contributed by atoms with Gasteiger partial charge in [0, 0.05) is 7.05 Å². The summed E-state index contributed by atoms with van der Waals surface area (Å²) in [5.74, 6) is -0.325. The third-order valence-electron chi connectivity index (χ3n) is 5.13. The van der Waals surface area contributed by atoms with Gasteiger partial charge >= 0.3 is 5.97 Å². The first-order chi connectivity index (χ1) is 17.0. The number of hydrogen-bond acceptors (Lipinski definition) is 9. The first-order valence-electron chi connectivity index (χ1n) is 11.2. The lowest BCUT2D eigenvalue weighted by Gasteiger charge is -2.15. The Balaban J connectivity index is 1.69. The Morgan fingerprint density at radius 2 is 1.86 bits per heavy atom. The van der Waals surface area contributed by atoms with E-state index in [0.717, 1.165) is 22.6 Å². The summed E-state index contributed by atoms with van der Waals surface area (Å²) in [5.41, 5.74) is 6.96. The zero-order valence-corrected chi connectivity index (χ0v) is 22.6. The van der Waals surface area contributed by atoms with Crippen molar-refractivity contribution in [1.29, 1.82) is 0 Å². The van der Waals surface area contributed by atoms with E-state index in [2.05, 4.69) is 15.5 Å². The van der Waals surface area contributed by atoms with Crippen molar-refractivity contribution in [3.05, 3.63) is 51.7 Å². The molecule has 2 heterocycles. The number of hydrogen-bond donors (Lipinski definition) is 2. The van der Waals surface area contributed by atoms with Gasteiger partial charge in [-0.2, -0.15) is 0 Å². The summed E-state index contributed by atoms with van der Waals surface area (Å²) in [4.78, 5) is 37.3. The quantitative estimate of drug-likeness (QED) is 0.295. The van der Waals surface area contributed by atoms with E-state index in [1.807, 2.05) is 38.1 Å². The molecule has 2 aromatic heterocycles. The SMILES string of the molecule is Cc1ccccc1OC(C)c1nnc(SCC(=O)Nc2sc(C(N)=O)c(C)c2C(=O)OC(C)C)n1C. The molecule has 3 aromatic rings. The number of aromatic nitrogens is 3. The number of carbonyl (C=O) groups is 3.